The lowest BCUT2D eigenvalue weighted by Gasteiger charge is -2.47. The predicted octanol–water partition coefficient (Wildman–Crippen LogP) is 1.10. The van der Waals surface area contributed by atoms with Crippen molar-refractivity contribution in [3.63, 3.8) is 0 Å². The molecule has 1 aromatic heterocycles. The first-order valence-corrected chi connectivity index (χ1v) is 10.1. The van der Waals surface area contributed by atoms with E-state index in [0.29, 0.717) is 12.6 Å². The molecule has 3 aliphatic heterocycles. The first-order valence-electron chi connectivity index (χ1n) is 9.30. The van der Waals surface area contributed by atoms with E-state index in [1.165, 1.54) is 36.3 Å². The maximum atomic E-state index is 10.5. The van der Waals surface area contributed by atoms with Crippen LogP contribution in [0.5, 0.6) is 0 Å². The van der Waals surface area contributed by atoms with Crippen LogP contribution in [0.4, 0.5) is 0 Å². The van der Waals surface area contributed by atoms with Crippen LogP contribution >= 0.6 is 11.3 Å². The summed E-state index contributed by atoms with van der Waals surface area (Å²) in [4.78, 5) is 10.4. The van der Waals surface area contributed by atoms with E-state index in [-0.39, 0.29) is 0 Å². The maximum Gasteiger partial charge on any atom is 0.191 e. The summed E-state index contributed by atoms with van der Waals surface area (Å²) < 4.78 is 1.21. The summed E-state index contributed by atoms with van der Waals surface area (Å²) in [7, 11) is 1.78. The number of piperazine rings is 3. The van der Waals surface area contributed by atoms with E-state index in [4.69, 9.17) is 0 Å². The Kier molecular flexibility index (Phi) is 5.40. The van der Waals surface area contributed by atoms with Gasteiger partial charge in [-0.15, -0.1) is 11.3 Å². The molecule has 3 saturated heterocycles. The molecule has 0 saturated carbocycles. The average molecular weight is 374 g/mol. The van der Waals surface area contributed by atoms with Gasteiger partial charge in [0.15, 0.2) is 5.96 Å². The van der Waals surface area contributed by atoms with Crippen LogP contribution in [0.3, 0.4) is 0 Å². The van der Waals surface area contributed by atoms with E-state index in [1.54, 1.807) is 18.4 Å². The Morgan fingerprint density at radius 3 is 2.77 bits per heavy atom. The number of hydrogen-bond acceptors (Lipinski definition) is 5. The molecule has 140 valence electrons. The molecule has 2 unspecified atom stereocenters. The fourth-order valence-corrected chi connectivity index (χ4v) is 4.86. The Hall–Kier alpha value is -1.67. The molecule has 3 aliphatic rings. The Morgan fingerprint density at radius 2 is 2.08 bits per heavy atom. The second-order valence-corrected chi connectivity index (χ2v) is 8.14. The average Bonchev–Trinajstić information content (AvgIpc) is 3.13. The summed E-state index contributed by atoms with van der Waals surface area (Å²) >= 11 is 1.65. The zero-order valence-corrected chi connectivity index (χ0v) is 16.0. The van der Waals surface area contributed by atoms with Crippen molar-refractivity contribution in [3.05, 3.63) is 35.2 Å². The van der Waals surface area contributed by atoms with Crippen molar-refractivity contribution in [2.75, 3.05) is 52.9 Å². The zero-order chi connectivity index (χ0) is 17.9. The number of nitrogens with zero attached hydrogens (tertiary/aromatic N) is 3. The highest BCUT2D eigenvalue weighted by molar-refractivity contribution is 7.19. The molecule has 0 radical (unpaired) electrons. The van der Waals surface area contributed by atoms with E-state index in [9.17, 15) is 5.11 Å². The zero-order valence-electron chi connectivity index (χ0n) is 15.2. The molecule has 5 rings (SSSR count). The topological polar surface area (TPSA) is 63.1 Å². The highest BCUT2D eigenvalue weighted by Crippen LogP contribution is 2.29. The molecule has 0 spiro atoms. The standard InChI is InChI=1S/C19H27N5OS/c1-20-19(21-11-15-13-23-6-8-24(15)9-7-23)22-12-16(25)18-10-14-4-2-3-5-17(14)26-18/h2-5,10,15-16,25H,6-9,11-13H2,1H3,(H2,20,21,22). The second-order valence-electron chi connectivity index (χ2n) is 7.03. The van der Waals surface area contributed by atoms with E-state index >= 15 is 0 Å². The largest absolute Gasteiger partial charge is 0.386 e. The minimum Gasteiger partial charge on any atom is -0.386 e. The summed E-state index contributed by atoms with van der Waals surface area (Å²) in [5.41, 5.74) is 0. The van der Waals surface area contributed by atoms with Gasteiger partial charge < -0.3 is 15.7 Å². The van der Waals surface area contributed by atoms with Gasteiger partial charge in [-0.3, -0.25) is 14.8 Å². The maximum absolute atomic E-state index is 10.5. The third-order valence-corrected chi connectivity index (χ3v) is 6.57. The van der Waals surface area contributed by atoms with E-state index in [1.807, 2.05) is 12.1 Å². The van der Waals surface area contributed by atoms with Crippen LogP contribution in [0, 0.1) is 0 Å². The fourth-order valence-electron chi connectivity index (χ4n) is 3.81. The predicted molar refractivity (Wildman–Crippen MR) is 108 cm³/mol. The minimum atomic E-state index is -0.536. The van der Waals surface area contributed by atoms with Crippen LogP contribution in [0.1, 0.15) is 11.0 Å². The molecule has 6 nitrogen and oxygen atoms in total. The van der Waals surface area contributed by atoms with Crippen LogP contribution < -0.4 is 10.6 Å². The summed E-state index contributed by atoms with van der Waals surface area (Å²) in [6.07, 6.45) is -0.536. The van der Waals surface area contributed by atoms with Crippen LogP contribution in [0.2, 0.25) is 0 Å². The smallest absolute Gasteiger partial charge is 0.191 e. The monoisotopic (exact) mass is 373 g/mol. The Bertz CT molecular complexity index is 735. The van der Waals surface area contributed by atoms with Crippen molar-refractivity contribution in [2.45, 2.75) is 12.1 Å². The van der Waals surface area contributed by atoms with Gasteiger partial charge in [0.05, 0.1) is 0 Å². The van der Waals surface area contributed by atoms with Crippen molar-refractivity contribution in [1.29, 1.82) is 0 Å². The van der Waals surface area contributed by atoms with Gasteiger partial charge in [0.1, 0.15) is 6.10 Å². The molecule has 3 N–H and O–H groups in total. The molecule has 0 amide bonds. The lowest BCUT2D eigenvalue weighted by molar-refractivity contribution is 0.0154. The number of aliphatic hydroxyl groups excluding tert-OH is 1. The molecule has 2 bridgehead atoms. The number of fused-ring (bicyclic) bond motifs is 4. The summed E-state index contributed by atoms with van der Waals surface area (Å²) in [5.74, 6) is 0.753. The number of aliphatic imine (C=N–C) groups is 1. The molecule has 1 aromatic carbocycles. The van der Waals surface area contributed by atoms with Gasteiger partial charge in [-0.25, -0.2) is 0 Å². The molecule has 2 aromatic rings. The van der Waals surface area contributed by atoms with Gasteiger partial charge in [0.25, 0.3) is 0 Å². The Labute approximate surface area is 158 Å². The second kappa shape index (κ2) is 7.92. The molecular weight excluding hydrogens is 346 g/mol. The third kappa shape index (κ3) is 3.86. The number of nitrogens with one attached hydrogen (secondary N) is 2. The summed E-state index contributed by atoms with van der Waals surface area (Å²) in [6.45, 7) is 7.21. The molecule has 4 heterocycles. The van der Waals surface area contributed by atoms with Gasteiger partial charge in [-0.2, -0.15) is 0 Å². The summed E-state index contributed by atoms with van der Waals surface area (Å²) in [5, 5.41) is 18.4. The number of benzene rings is 1. The molecule has 26 heavy (non-hydrogen) atoms. The van der Waals surface area contributed by atoms with Crippen LogP contribution in [-0.2, 0) is 0 Å². The van der Waals surface area contributed by atoms with Crippen LogP contribution in [0.15, 0.2) is 35.3 Å². The van der Waals surface area contributed by atoms with Crippen molar-refractivity contribution in [3.8, 4) is 0 Å². The van der Waals surface area contributed by atoms with Crippen molar-refractivity contribution < 1.29 is 5.11 Å². The molecule has 3 fully saturated rings. The highest BCUT2D eigenvalue weighted by atomic mass is 32.1. The quantitative estimate of drug-likeness (QED) is 0.541. The number of hydrogen-bond donors (Lipinski definition) is 3. The first kappa shape index (κ1) is 17.7. The minimum absolute atomic E-state index is 0.451. The molecular formula is C19H27N5OS. The lowest BCUT2D eigenvalue weighted by Crippen LogP contribution is -2.63. The van der Waals surface area contributed by atoms with Crippen molar-refractivity contribution in [1.82, 2.24) is 20.4 Å². The molecule has 0 aliphatic carbocycles. The number of thiophene rings is 1. The van der Waals surface area contributed by atoms with E-state index in [2.05, 4.69) is 43.6 Å². The Balaban J connectivity index is 1.28. The normalized spacial score (nSPS) is 26.8. The van der Waals surface area contributed by atoms with Gasteiger partial charge >= 0.3 is 0 Å². The van der Waals surface area contributed by atoms with Gasteiger partial charge in [0.2, 0.25) is 0 Å². The number of guanidine groups is 1. The summed E-state index contributed by atoms with van der Waals surface area (Å²) in [6, 6.07) is 10.8. The van der Waals surface area contributed by atoms with Gasteiger partial charge in [-0.1, -0.05) is 18.2 Å². The first-order chi connectivity index (χ1) is 12.7. The van der Waals surface area contributed by atoms with Gasteiger partial charge in [-0.05, 0) is 17.5 Å². The van der Waals surface area contributed by atoms with Crippen LogP contribution in [-0.4, -0.2) is 79.8 Å². The molecule has 2 atom stereocenters. The van der Waals surface area contributed by atoms with Gasteiger partial charge in [0, 0.05) is 68.5 Å². The third-order valence-electron chi connectivity index (χ3n) is 5.36. The fraction of sp³-hybridized carbons (Fsp3) is 0.526. The SMILES string of the molecule is CN=C(NCC(O)c1cc2ccccc2s1)NCC1CN2CCN1CC2. The number of aliphatic hydroxyl groups is 1. The number of rotatable bonds is 5. The Morgan fingerprint density at radius 1 is 1.27 bits per heavy atom. The van der Waals surface area contributed by atoms with Crippen molar-refractivity contribution >= 4 is 27.4 Å². The van der Waals surface area contributed by atoms with E-state index in [0.717, 1.165) is 23.9 Å². The van der Waals surface area contributed by atoms with Crippen molar-refractivity contribution in [2.24, 2.45) is 4.99 Å². The lowest BCUT2D eigenvalue weighted by atomic mass is 10.1. The van der Waals surface area contributed by atoms with E-state index < -0.39 is 6.10 Å². The highest BCUT2D eigenvalue weighted by Gasteiger charge is 2.31. The molecule has 7 heteroatoms. The van der Waals surface area contributed by atoms with Crippen LogP contribution in [0.25, 0.3) is 10.1 Å².